The van der Waals surface area contributed by atoms with Crippen LogP contribution in [0.15, 0.2) is 51.4 Å². The van der Waals surface area contributed by atoms with Gasteiger partial charge in [-0.2, -0.15) is 0 Å². The zero-order valence-electron chi connectivity index (χ0n) is 10.2. The average Bonchev–Trinajstić information content (AvgIpc) is 2.81. The highest BCUT2D eigenvalue weighted by molar-refractivity contribution is 9.10. The first kappa shape index (κ1) is 14.0. The Bertz CT molecular complexity index is 785. The van der Waals surface area contributed by atoms with Crippen LogP contribution in [0.25, 0.3) is 11.0 Å². The van der Waals surface area contributed by atoms with Gasteiger partial charge in [0, 0.05) is 19.9 Å². The molecule has 20 heavy (non-hydrogen) atoms. The van der Waals surface area contributed by atoms with Crippen LogP contribution in [-0.4, -0.2) is 0 Å². The Kier molecular flexibility index (Phi) is 3.78. The maximum atomic E-state index is 6.24. The minimum atomic E-state index is -0.415. The Balaban J connectivity index is 2.05. The number of furan rings is 1. The highest BCUT2D eigenvalue weighted by Crippen LogP contribution is 2.32. The van der Waals surface area contributed by atoms with Crippen molar-refractivity contribution in [3.63, 3.8) is 0 Å². The molecule has 0 aliphatic heterocycles. The van der Waals surface area contributed by atoms with Crippen LogP contribution in [0, 0.1) is 0 Å². The molecule has 2 aromatic carbocycles. The maximum Gasteiger partial charge on any atom is 0.134 e. The topological polar surface area (TPSA) is 39.2 Å². The van der Waals surface area contributed by atoms with Crippen molar-refractivity contribution in [1.29, 1.82) is 0 Å². The SMILES string of the molecule is NC(c1cc2cc(Cl)ccc2o1)c1ccc(Br)cc1Cl. The number of fused-ring (bicyclic) bond motifs is 1. The number of hydrogen-bond donors (Lipinski definition) is 1. The molecule has 0 bridgehead atoms. The van der Waals surface area contributed by atoms with Gasteiger partial charge >= 0.3 is 0 Å². The van der Waals surface area contributed by atoms with Crippen molar-refractivity contribution in [2.24, 2.45) is 5.73 Å². The third-order valence-corrected chi connectivity index (χ3v) is 4.16. The highest BCUT2D eigenvalue weighted by atomic mass is 79.9. The fourth-order valence-corrected chi connectivity index (χ4v) is 3.07. The van der Waals surface area contributed by atoms with Crippen molar-refractivity contribution in [3.8, 4) is 0 Å². The summed E-state index contributed by atoms with van der Waals surface area (Å²) in [6.45, 7) is 0. The third kappa shape index (κ3) is 2.59. The van der Waals surface area contributed by atoms with E-state index in [1.807, 2.05) is 36.4 Å². The highest BCUT2D eigenvalue weighted by Gasteiger charge is 2.17. The lowest BCUT2D eigenvalue weighted by atomic mass is 10.1. The summed E-state index contributed by atoms with van der Waals surface area (Å²) in [4.78, 5) is 0. The van der Waals surface area contributed by atoms with E-state index in [4.69, 9.17) is 33.4 Å². The van der Waals surface area contributed by atoms with Gasteiger partial charge in [0.2, 0.25) is 0 Å². The van der Waals surface area contributed by atoms with Gasteiger partial charge in [-0.05, 0) is 42.0 Å². The van der Waals surface area contributed by atoms with E-state index in [1.165, 1.54) is 0 Å². The predicted molar refractivity (Wildman–Crippen MR) is 86.4 cm³/mol. The summed E-state index contributed by atoms with van der Waals surface area (Å²) in [5, 5.41) is 2.20. The number of nitrogens with two attached hydrogens (primary N) is 1. The average molecular weight is 371 g/mol. The molecule has 3 aromatic rings. The Hall–Kier alpha value is -1.000. The molecule has 1 unspecified atom stereocenters. The fourth-order valence-electron chi connectivity index (χ4n) is 2.10. The molecule has 102 valence electrons. The van der Waals surface area contributed by atoms with E-state index in [-0.39, 0.29) is 0 Å². The monoisotopic (exact) mass is 369 g/mol. The first-order valence-corrected chi connectivity index (χ1v) is 7.49. The third-order valence-electron chi connectivity index (χ3n) is 3.10. The van der Waals surface area contributed by atoms with Crippen LogP contribution in [0.3, 0.4) is 0 Å². The quantitative estimate of drug-likeness (QED) is 0.642. The number of benzene rings is 2. The van der Waals surface area contributed by atoms with E-state index < -0.39 is 6.04 Å². The molecule has 2 nitrogen and oxygen atoms in total. The molecule has 2 N–H and O–H groups in total. The Morgan fingerprint density at radius 1 is 1.05 bits per heavy atom. The molecule has 1 atom stereocenters. The van der Waals surface area contributed by atoms with Gasteiger partial charge in [-0.3, -0.25) is 0 Å². The van der Waals surface area contributed by atoms with Gasteiger partial charge in [0.1, 0.15) is 11.3 Å². The van der Waals surface area contributed by atoms with Gasteiger partial charge in [-0.1, -0.05) is 45.2 Å². The molecule has 0 radical (unpaired) electrons. The fraction of sp³-hybridized carbons (Fsp3) is 0.0667. The van der Waals surface area contributed by atoms with Gasteiger partial charge in [0.05, 0.1) is 6.04 Å². The first-order valence-electron chi connectivity index (χ1n) is 5.94. The van der Waals surface area contributed by atoms with Crippen LogP contribution >= 0.6 is 39.1 Å². The van der Waals surface area contributed by atoms with Gasteiger partial charge in [0.15, 0.2) is 0 Å². The minimum absolute atomic E-state index is 0.415. The summed E-state index contributed by atoms with van der Waals surface area (Å²) in [6, 6.07) is 12.5. The lowest BCUT2D eigenvalue weighted by Crippen LogP contribution is -2.11. The second kappa shape index (κ2) is 5.41. The first-order chi connectivity index (χ1) is 9.54. The second-order valence-corrected chi connectivity index (χ2v) is 6.23. The number of hydrogen-bond acceptors (Lipinski definition) is 2. The Morgan fingerprint density at radius 3 is 2.60 bits per heavy atom. The van der Waals surface area contributed by atoms with Crippen molar-refractivity contribution < 1.29 is 4.42 Å². The van der Waals surface area contributed by atoms with E-state index in [2.05, 4.69) is 15.9 Å². The van der Waals surface area contributed by atoms with Crippen molar-refractivity contribution in [3.05, 3.63) is 68.3 Å². The molecule has 5 heteroatoms. The zero-order valence-corrected chi connectivity index (χ0v) is 13.3. The Labute approximate surface area is 134 Å². The van der Waals surface area contributed by atoms with E-state index in [1.54, 1.807) is 6.07 Å². The lowest BCUT2D eigenvalue weighted by molar-refractivity contribution is 0.525. The van der Waals surface area contributed by atoms with Crippen LogP contribution in [0.4, 0.5) is 0 Å². The standard InChI is InChI=1S/C15H10BrCl2NO/c16-9-1-3-11(12(18)7-9)15(19)14-6-8-5-10(17)2-4-13(8)20-14/h1-7,15H,19H2. The Morgan fingerprint density at radius 2 is 1.85 bits per heavy atom. The van der Waals surface area contributed by atoms with Crippen LogP contribution in [0.2, 0.25) is 10.0 Å². The molecule has 0 spiro atoms. The molecule has 0 aliphatic carbocycles. The van der Waals surface area contributed by atoms with Crippen LogP contribution in [-0.2, 0) is 0 Å². The zero-order chi connectivity index (χ0) is 14.3. The normalized spacial score (nSPS) is 12.8. The van der Waals surface area contributed by atoms with Crippen LogP contribution in [0.5, 0.6) is 0 Å². The molecule has 3 rings (SSSR count). The van der Waals surface area contributed by atoms with E-state index in [9.17, 15) is 0 Å². The molecule has 0 aliphatic rings. The van der Waals surface area contributed by atoms with Gasteiger partial charge in [-0.15, -0.1) is 0 Å². The minimum Gasteiger partial charge on any atom is -0.459 e. The van der Waals surface area contributed by atoms with Crippen LogP contribution < -0.4 is 5.73 Å². The van der Waals surface area contributed by atoms with Crippen molar-refractivity contribution in [2.45, 2.75) is 6.04 Å². The van der Waals surface area contributed by atoms with Crippen molar-refractivity contribution in [1.82, 2.24) is 0 Å². The molecule has 0 saturated carbocycles. The summed E-state index contributed by atoms with van der Waals surface area (Å²) in [7, 11) is 0. The molecule has 1 aromatic heterocycles. The van der Waals surface area contributed by atoms with Crippen molar-refractivity contribution >= 4 is 50.1 Å². The summed E-state index contributed by atoms with van der Waals surface area (Å²) in [5.41, 5.74) is 7.82. The second-order valence-electron chi connectivity index (χ2n) is 4.47. The van der Waals surface area contributed by atoms with Crippen molar-refractivity contribution in [2.75, 3.05) is 0 Å². The molecule has 1 heterocycles. The summed E-state index contributed by atoms with van der Waals surface area (Å²) >= 11 is 15.6. The van der Waals surface area contributed by atoms with Gasteiger partial charge < -0.3 is 10.2 Å². The van der Waals surface area contributed by atoms with Gasteiger partial charge in [-0.25, -0.2) is 0 Å². The largest absolute Gasteiger partial charge is 0.459 e. The van der Waals surface area contributed by atoms with Gasteiger partial charge in [0.25, 0.3) is 0 Å². The van der Waals surface area contributed by atoms with E-state index in [0.29, 0.717) is 15.8 Å². The maximum absolute atomic E-state index is 6.24. The number of rotatable bonds is 2. The molecular formula is C15H10BrCl2NO. The van der Waals surface area contributed by atoms with E-state index in [0.717, 1.165) is 21.0 Å². The molecular weight excluding hydrogens is 361 g/mol. The lowest BCUT2D eigenvalue weighted by Gasteiger charge is -2.11. The summed E-state index contributed by atoms with van der Waals surface area (Å²) in [6.07, 6.45) is 0. The molecule has 0 fully saturated rings. The smallest absolute Gasteiger partial charge is 0.134 e. The summed E-state index contributed by atoms with van der Waals surface area (Å²) < 4.78 is 6.68. The van der Waals surface area contributed by atoms with E-state index >= 15 is 0 Å². The molecule has 0 amide bonds. The van der Waals surface area contributed by atoms with Crippen LogP contribution in [0.1, 0.15) is 17.4 Å². The predicted octanol–water partition coefficient (Wildman–Crippen LogP) is 5.55. The molecule has 0 saturated heterocycles. The number of halogens is 3. The summed E-state index contributed by atoms with van der Waals surface area (Å²) in [5.74, 6) is 0.659.